The van der Waals surface area contributed by atoms with E-state index in [2.05, 4.69) is 5.10 Å². The van der Waals surface area contributed by atoms with Crippen molar-refractivity contribution >= 4 is 15.7 Å². The van der Waals surface area contributed by atoms with Gasteiger partial charge in [-0.25, -0.2) is 13.1 Å². The summed E-state index contributed by atoms with van der Waals surface area (Å²) in [4.78, 5) is 14.5. The van der Waals surface area contributed by atoms with Crippen LogP contribution in [-0.4, -0.2) is 47.5 Å². The van der Waals surface area contributed by atoms with Gasteiger partial charge >= 0.3 is 6.18 Å². The van der Waals surface area contributed by atoms with Crippen molar-refractivity contribution in [1.29, 1.82) is 0 Å². The third kappa shape index (κ3) is 4.79. The van der Waals surface area contributed by atoms with Crippen LogP contribution in [0.25, 0.3) is 5.69 Å². The summed E-state index contributed by atoms with van der Waals surface area (Å²) in [7, 11) is -3.70. The number of aryl methyl sites for hydroxylation is 1. The molecule has 1 atom stereocenters. The van der Waals surface area contributed by atoms with E-state index in [1.54, 1.807) is 10.9 Å². The van der Waals surface area contributed by atoms with Gasteiger partial charge in [0.05, 0.1) is 28.4 Å². The molecule has 0 aliphatic carbocycles. The van der Waals surface area contributed by atoms with Crippen LogP contribution < -0.4 is 4.74 Å². The first-order chi connectivity index (χ1) is 15.8. The minimum atomic E-state index is -4.65. The molecule has 0 spiro atoms. The summed E-state index contributed by atoms with van der Waals surface area (Å²) in [5.74, 6) is -0.980. The lowest BCUT2D eigenvalue weighted by Crippen LogP contribution is -2.33. The fourth-order valence-corrected chi connectivity index (χ4v) is 4.28. The van der Waals surface area contributed by atoms with Crippen LogP contribution in [0.3, 0.4) is 0 Å². The number of fused-ring (bicyclic) bond motifs is 1. The van der Waals surface area contributed by atoms with Gasteiger partial charge in [-0.2, -0.15) is 18.3 Å². The van der Waals surface area contributed by atoms with Gasteiger partial charge in [-0.1, -0.05) is 12.1 Å². The first kappa shape index (κ1) is 23.8. The second kappa shape index (κ2) is 8.46. The van der Waals surface area contributed by atoms with Crippen LogP contribution >= 0.6 is 0 Å². The standard InChI is InChI=1S/C23H22F3N3O4S/c1-14-5-4-6-17(9-14)29-12-16-11-28(13-20(16)27-29)22(30)19-10-18(34(3,31)32)7-8-21(19)33-15(2)23(24,25)26/h4-10,12,15H,11,13H2,1-3H3. The molecule has 0 saturated heterocycles. The number of hydrogen-bond acceptors (Lipinski definition) is 5. The van der Waals surface area contributed by atoms with Gasteiger partial charge in [-0.15, -0.1) is 0 Å². The van der Waals surface area contributed by atoms with Crippen LogP contribution in [0.15, 0.2) is 53.6 Å². The highest BCUT2D eigenvalue weighted by molar-refractivity contribution is 7.90. The van der Waals surface area contributed by atoms with Crippen molar-refractivity contribution in [2.75, 3.05) is 6.26 Å². The lowest BCUT2D eigenvalue weighted by Gasteiger charge is -2.22. The zero-order valence-corrected chi connectivity index (χ0v) is 19.4. The number of hydrogen-bond donors (Lipinski definition) is 0. The Bertz CT molecular complexity index is 1340. The lowest BCUT2D eigenvalue weighted by molar-refractivity contribution is -0.189. The molecule has 7 nitrogen and oxygen atoms in total. The Morgan fingerprint density at radius 1 is 1.15 bits per heavy atom. The predicted molar refractivity (Wildman–Crippen MR) is 118 cm³/mol. The van der Waals surface area contributed by atoms with Crippen LogP contribution in [-0.2, 0) is 22.9 Å². The van der Waals surface area contributed by atoms with Gasteiger partial charge in [0.1, 0.15) is 5.75 Å². The summed E-state index contributed by atoms with van der Waals surface area (Å²) in [6, 6.07) is 11.0. The average Bonchev–Trinajstić information content (AvgIpc) is 3.31. The van der Waals surface area contributed by atoms with Crippen molar-refractivity contribution in [2.45, 2.75) is 44.1 Å². The topological polar surface area (TPSA) is 81.5 Å². The molecule has 2 heterocycles. The van der Waals surface area contributed by atoms with Crippen molar-refractivity contribution < 1.29 is 31.1 Å². The molecule has 0 N–H and O–H groups in total. The molecule has 1 unspecified atom stereocenters. The van der Waals surface area contributed by atoms with E-state index in [9.17, 15) is 26.4 Å². The molecule has 180 valence electrons. The Hall–Kier alpha value is -3.34. The van der Waals surface area contributed by atoms with E-state index in [0.29, 0.717) is 5.69 Å². The van der Waals surface area contributed by atoms with Gasteiger partial charge in [0.25, 0.3) is 5.91 Å². The van der Waals surface area contributed by atoms with E-state index in [4.69, 9.17) is 4.74 Å². The van der Waals surface area contributed by atoms with Crippen LogP contribution in [0.1, 0.15) is 34.1 Å². The predicted octanol–water partition coefficient (Wildman–Crippen LogP) is 4.07. The number of carbonyl (C=O) groups is 1. The van der Waals surface area contributed by atoms with Gasteiger partial charge in [0.15, 0.2) is 15.9 Å². The van der Waals surface area contributed by atoms with Gasteiger partial charge < -0.3 is 9.64 Å². The second-order valence-electron chi connectivity index (χ2n) is 8.28. The maximum absolute atomic E-state index is 13.3. The van der Waals surface area contributed by atoms with E-state index < -0.39 is 28.0 Å². The first-order valence-electron chi connectivity index (χ1n) is 10.3. The maximum Gasteiger partial charge on any atom is 0.425 e. The summed E-state index contributed by atoms with van der Waals surface area (Å²) in [5.41, 5.74) is 3.12. The summed E-state index contributed by atoms with van der Waals surface area (Å²) < 4.78 is 69.9. The molecule has 34 heavy (non-hydrogen) atoms. The third-order valence-corrected chi connectivity index (χ3v) is 6.62. The van der Waals surface area contributed by atoms with E-state index in [1.165, 1.54) is 4.90 Å². The van der Waals surface area contributed by atoms with E-state index in [0.717, 1.165) is 48.2 Å². The van der Waals surface area contributed by atoms with Crippen LogP contribution in [0.2, 0.25) is 0 Å². The van der Waals surface area contributed by atoms with Gasteiger partial charge in [0.2, 0.25) is 0 Å². The van der Waals surface area contributed by atoms with Gasteiger partial charge in [0, 0.05) is 24.6 Å². The molecule has 1 aliphatic heterocycles. The van der Waals surface area contributed by atoms with Crippen molar-refractivity contribution in [3.05, 3.63) is 71.0 Å². The fraction of sp³-hybridized carbons (Fsp3) is 0.304. The average molecular weight is 494 g/mol. The van der Waals surface area contributed by atoms with Crippen LogP contribution in [0, 0.1) is 6.92 Å². The number of sulfone groups is 1. The smallest absolute Gasteiger partial charge is 0.425 e. The van der Waals surface area contributed by atoms with Gasteiger partial charge in [-0.05, 0) is 49.7 Å². The number of ether oxygens (including phenoxy) is 1. The molecule has 0 fully saturated rings. The largest absolute Gasteiger partial charge is 0.480 e. The van der Waals surface area contributed by atoms with Crippen molar-refractivity contribution in [3.63, 3.8) is 0 Å². The molecule has 0 saturated carbocycles. The van der Waals surface area contributed by atoms with Gasteiger partial charge in [-0.3, -0.25) is 4.79 Å². The third-order valence-electron chi connectivity index (χ3n) is 5.51. The Morgan fingerprint density at radius 2 is 1.88 bits per heavy atom. The van der Waals surface area contributed by atoms with E-state index >= 15 is 0 Å². The normalized spacial score (nSPS) is 14.7. The number of alkyl halides is 3. The Morgan fingerprint density at radius 3 is 2.50 bits per heavy atom. The molecule has 1 aliphatic rings. The van der Waals surface area contributed by atoms with E-state index in [-0.39, 0.29) is 29.3 Å². The highest BCUT2D eigenvalue weighted by Gasteiger charge is 2.39. The van der Waals surface area contributed by atoms with E-state index in [1.807, 2.05) is 31.2 Å². The van der Waals surface area contributed by atoms with Crippen molar-refractivity contribution in [2.24, 2.45) is 0 Å². The number of halogens is 3. The molecule has 11 heteroatoms. The Balaban J connectivity index is 1.62. The number of amides is 1. The monoisotopic (exact) mass is 493 g/mol. The highest BCUT2D eigenvalue weighted by atomic mass is 32.2. The van der Waals surface area contributed by atoms with Crippen LogP contribution in [0.5, 0.6) is 5.75 Å². The number of nitrogens with zero attached hydrogens (tertiary/aromatic N) is 3. The molecule has 3 aromatic rings. The zero-order chi connectivity index (χ0) is 24.8. The molecule has 0 radical (unpaired) electrons. The number of carbonyl (C=O) groups excluding carboxylic acids is 1. The zero-order valence-electron chi connectivity index (χ0n) is 18.6. The minimum Gasteiger partial charge on any atom is -0.480 e. The summed E-state index contributed by atoms with van der Waals surface area (Å²) >= 11 is 0. The summed E-state index contributed by atoms with van der Waals surface area (Å²) in [6.07, 6.45) is -4.09. The molecule has 0 bridgehead atoms. The SMILES string of the molecule is Cc1cccc(-n2cc3c(n2)CN(C(=O)c2cc(S(C)(=O)=O)ccc2OC(C)C(F)(F)F)C3)c1. The lowest BCUT2D eigenvalue weighted by atomic mass is 10.1. The molecule has 1 amide bonds. The van der Waals surface area contributed by atoms with Crippen molar-refractivity contribution in [1.82, 2.24) is 14.7 Å². The molecule has 1 aromatic heterocycles. The summed E-state index contributed by atoms with van der Waals surface area (Å²) in [5, 5.41) is 4.54. The quantitative estimate of drug-likeness (QED) is 0.535. The minimum absolute atomic E-state index is 0.129. The van der Waals surface area contributed by atoms with Crippen LogP contribution in [0.4, 0.5) is 13.2 Å². The second-order valence-corrected chi connectivity index (χ2v) is 10.3. The summed E-state index contributed by atoms with van der Waals surface area (Å²) in [6.45, 7) is 3.09. The highest BCUT2D eigenvalue weighted by Crippen LogP contribution is 2.32. The number of benzene rings is 2. The molecular weight excluding hydrogens is 471 g/mol. The Labute approximate surface area is 194 Å². The molecule has 4 rings (SSSR count). The first-order valence-corrected chi connectivity index (χ1v) is 12.2. The maximum atomic E-state index is 13.3. The number of rotatable bonds is 5. The Kier molecular flexibility index (Phi) is 5.92. The molecule has 2 aromatic carbocycles. The fourth-order valence-electron chi connectivity index (χ4n) is 3.64. The number of aromatic nitrogens is 2. The molecular formula is C23H22F3N3O4S. The van der Waals surface area contributed by atoms with Crippen molar-refractivity contribution in [3.8, 4) is 11.4 Å².